The first-order valence-corrected chi connectivity index (χ1v) is 6.82. The summed E-state index contributed by atoms with van der Waals surface area (Å²) < 4.78 is 0. The summed E-state index contributed by atoms with van der Waals surface area (Å²) >= 11 is 1.66. The van der Waals surface area contributed by atoms with E-state index in [-0.39, 0.29) is 6.61 Å². The number of hydrogen-bond donors (Lipinski definition) is 2. The minimum Gasteiger partial charge on any atom is -0.395 e. The van der Waals surface area contributed by atoms with Gasteiger partial charge in [0.05, 0.1) is 17.1 Å². The van der Waals surface area contributed by atoms with Crippen LogP contribution in [0.2, 0.25) is 0 Å². The Morgan fingerprint density at radius 1 is 1.39 bits per heavy atom. The van der Waals surface area contributed by atoms with E-state index in [4.69, 9.17) is 5.11 Å². The summed E-state index contributed by atoms with van der Waals surface area (Å²) in [7, 11) is 1.99. The highest BCUT2D eigenvalue weighted by molar-refractivity contribution is 7.12. The van der Waals surface area contributed by atoms with Crippen molar-refractivity contribution in [1.29, 1.82) is 0 Å². The smallest absolute Gasteiger partial charge is 0.0771 e. The van der Waals surface area contributed by atoms with Crippen LogP contribution in [0.5, 0.6) is 0 Å². The predicted octanol–water partition coefficient (Wildman–Crippen LogP) is 1.68. The van der Waals surface area contributed by atoms with Gasteiger partial charge in [-0.05, 0) is 33.0 Å². The van der Waals surface area contributed by atoms with Crippen LogP contribution >= 0.6 is 11.3 Å². The highest BCUT2D eigenvalue weighted by atomic mass is 32.1. The second kappa shape index (κ2) is 6.91. The lowest BCUT2D eigenvalue weighted by Gasteiger charge is -2.24. The fourth-order valence-electron chi connectivity index (χ4n) is 1.72. The van der Waals surface area contributed by atoms with Gasteiger partial charge in [-0.15, -0.1) is 11.3 Å². The van der Waals surface area contributed by atoms with Gasteiger partial charge in [-0.2, -0.15) is 0 Å². The molecule has 0 saturated carbocycles. The van der Waals surface area contributed by atoms with E-state index in [0.717, 1.165) is 11.4 Å². The third-order valence-corrected chi connectivity index (χ3v) is 3.18. The van der Waals surface area contributed by atoms with Gasteiger partial charge in [-0.25, -0.2) is 0 Å². The fourth-order valence-corrected chi connectivity index (χ4v) is 2.68. The highest BCUT2D eigenvalue weighted by Gasteiger charge is 2.15. The molecule has 0 aliphatic heterocycles. The Morgan fingerprint density at radius 3 is 2.72 bits per heavy atom. The van der Waals surface area contributed by atoms with E-state index in [2.05, 4.69) is 22.8 Å². The van der Waals surface area contributed by atoms with E-state index < -0.39 is 5.60 Å². The molecule has 1 aromatic heterocycles. The molecule has 18 heavy (non-hydrogen) atoms. The Balaban J connectivity index is 2.52. The van der Waals surface area contributed by atoms with Crippen molar-refractivity contribution in [2.24, 2.45) is 0 Å². The number of thiophene rings is 1. The van der Waals surface area contributed by atoms with E-state index >= 15 is 0 Å². The van der Waals surface area contributed by atoms with Gasteiger partial charge >= 0.3 is 0 Å². The third-order valence-electron chi connectivity index (χ3n) is 2.19. The van der Waals surface area contributed by atoms with Crippen LogP contribution in [0.15, 0.2) is 12.1 Å². The van der Waals surface area contributed by atoms with Crippen molar-refractivity contribution in [3.63, 3.8) is 0 Å². The second-order valence-corrected chi connectivity index (χ2v) is 6.19. The molecule has 2 N–H and O–H groups in total. The van der Waals surface area contributed by atoms with Crippen LogP contribution in [0.1, 0.15) is 30.0 Å². The molecule has 0 unspecified atom stereocenters. The monoisotopic (exact) mass is 267 g/mol. The molecule has 0 aliphatic rings. The molecule has 0 fully saturated rings. The standard InChI is InChI=1S/C14H21NO2S/c1-14(2,17)11-15(3)10-13-8-7-12(18-13)6-4-5-9-16/h7-8,16-17H,5,9-11H2,1-3H3. The van der Waals surface area contributed by atoms with E-state index in [1.54, 1.807) is 11.3 Å². The number of aliphatic hydroxyl groups is 2. The van der Waals surface area contributed by atoms with Crippen LogP contribution in [0, 0.1) is 11.8 Å². The maximum atomic E-state index is 9.73. The van der Waals surface area contributed by atoms with Gasteiger partial charge in [0.15, 0.2) is 0 Å². The normalized spacial score (nSPS) is 11.4. The second-order valence-electron chi connectivity index (χ2n) is 5.03. The molecular formula is C14H21NO2S. The zero-order valence-electron chi connectivity index (χ0n) is 11.2. The van der Waals surface area contributed by atoms with Crippen LogP contribution in [0.3, 0.4) is 0 Å². The topological polar surface area (TPSA) is 43.7 Å². The Morgan fingerprint density at radius 2 is 2.11 bits per heavy atom. The Hall–Kier alpha value is -0.860. The molecule has 1 heterocycles. The summed E-state index contributed by atoms with van der Waals surface area (Å²) in [5.41, 5.74) is -0.671. The Labute approximate surface area is 113 Å². The lowest BCUT2D eigenvalue weighted by atomic mass is 10.1. The lowest BCUT2D eigenvalue weighted by molar-refractivity contribution is 0.0427. The van der Waals surface area contributed by atoms with Crippen LogP contribution in [0.4, 0.5) is 0 Å². The minimum absolute atomic E-state index is 0.111. The fraction of sp³-hybridized carbons (Fsp3) is 0.571. The van der Waals surface area contributed by atoms with Crippen molar-refractivity contribution in [2.75, 3.05) is 20.2 Å². The molecule has 3 nitrogen and oxygen atoms in total. The molecule has 0 aliphatic carbocycles. The maximum Gasteiger partial charge on any atom is 0.0771 e. The van der Waals surface area contributed by atoms with Gasteiger partial charge in [0.1, 0.15) is 0 Å². The quantitative estimate of drug-likeness (QED) is 0.798. The molecule has 1 rings (SSSR count). The van der Waals surface area contributed by atoms with Crippen molar-refractivity contribution in [2.45, 2.75) is 32.4 Å². The predicted molar refractivity (Wildman–Crippen MR) is 75.5 cm³/mol. The van der Waals surface area contributed by atoms with Crippen LogP contribution < -0.4 is 0 Å². The summed E-state index contributed by atoms with van der Waals surface area (Å²) in [6, 6.07) is 4.07. The zero-order chi connectivity index (χ0) is 13.6. The zero-order valence-corrected chi connectivity index (χ0v) is 12.0. The van der Waals surface area contributed by atoms with Crippen molar-refractivity contribution in [3.05, 3.63) is 21.9 Å². The van der Waals surface area contributed by atoms with Gasteiger partial charge in [-0.3, -0.25) is 4.90 Å². The lowest BCUT2D eigenvalue weighted by Crippen LogP contribution is -2.35. The number of likely N-dealkylation sites (N-methyl/N-ethyl adjacent to an activating group) is 1. The number of aliphatic hydroxyl groups excluding tert-OH is 1. The molecule has 0 saturated heterocycles. The molecule has 0 atom stereocenters. The van der Waals surface area contributed by atoms with Gasteiger partial charge in [0, 0.05) is 24.4 Å². The highest BCUT2D eigenvalue weighted by Crippen LogP contribution is 2.17. The first kappa shape index (κ1) is 15.2. The summed E-state index contributed by atoms with van der Waals surface area (Å²) in [5.74, 6) is 5.94. The Bertz CT molecular complexity index is 423. The van der Waals surface area contributed by atoms with Crippen molar-refractivity contribution >= 4 is 11.3 Å². The molecule has 0 aromatic carbocycles. The number of nitrogens with zero attached hydrogens (tertiary/aromatic N) is 1. The van der Waals surface area contributed by atoms with Crippen molar-refractivity contribution < 1.29 is 10.2 Å². The largest absolute Gasteiger partial charge is 0.395 e. The van der Waals surface area contributed by atoms with Gasteiger partial charge in [0.25, 0.3) is 0 Å². The first-order chi connectivity index (χ1) is 8.40. The molecule has 0 spiro atoms. The van der Waals surface area contributed by atoms with E-state index in [1.807, 2.05) is 27.0 Å². The van der Waals surface area contributed by atoms with Gasteiger partial charge < -0.3 is 10.2 Å². The number of rotatable bonds is 5. The summed E-state index contributed by atoms with van der Waals surface area (Å²) in [4.78, 5) is 4.35. The number of hydrogen-bond acceptors (Lipinski definition) is 4. The first-order valence-electron chi connectivity index (χ1n) is 6.00. The minimum atomic E-state index is -0.671. The van der Waals surface area contributed by atoms with Crippen LogP contribution in [-0.4, -0.2) is 40.9 Å². The van der Waals surface area contributed by atoms with Crippen molar-refractivity contribution in [1.82, 2.24) is 4.90 Å². The summed E-state index contributed by atoms with van der Waals surface area (Å²) in [6.07, 6.45) is 0.520. The van der Waals surface area contributed by atoms with Gasteiger partial charge in [-0.1, -0.05) is 11.8 Å². The van der Waals surface area contributed by atoms with Crippen LogP contribution in [-0.2, 0) is 6.54 Å². The molecular weight excluding hydrogens is 246 g/mol. The summed E-state index contributed by atoms with van der Waals surface area (Å²) in [6.45, 7) is 5.18. The molecule has 100 valence electrons. The average molecular weight is 267 g/mol. The molecule has 1 aromatic rings. The third kappa shape index (κ3) is 6.18. The molecule has 0 amide bonds. The Kier molecular flexibility index (Phi) is 5.83. The van der Waals surface area contributed by atoms with Gasteiger partial charge in [0.2, 0.25) is 0 Å². The van der Waals surface area contributed by atoms with E-state index in [0.29, 0.717) is 13.0 Å². The van der Waals surface area contributed by atoms with Crippen LogP contribution in [0.25, 0.3) is 0 Å². The summed E-state index contributed by atoms with van der Waals surface area (Å²) in [5, 5.41) is 18.4. The van der Waals surface area contributed by atoms with E-state index in [1.165, 1.54) is 4.88 Å². The molecule has 0 radical (unpaired) electrons. The van der Waals surface area contributed by atoms with Crippen molar-refractivity contribution in [3.8, 4) is 11.8 Å². The van der Waals surface area contributed by atoms with E-state index in [9.17, 15) is 5.11 Å². The SMILES string of the molecule is CN(Cc1ccc(C#CCCO)s1)CC(C)(C)O. The molecule has 0 bridgehead atoms. The maximum absolute atomic E-state index is 9.73. The average Bonchev–Trinajstić information content (AvgIpc) is 2.63. The molecule has 4 heteroatoms.